The first kappa shape index (κ1) is 28.4. The number of nitro groups is 1. The van der Waals surface area contributed by atoms with Crippen molar-refractivity contribution in [1.29, 1.82) is 0 Å². The van der Waals surface area contributed by atoms with Crippen LogP contribution in [0.3, 0.4) is 0 Å². The monoisotopic (exact) mass is 588 g/mol. The van der Waals surface area contributed by atoms with Crippen LogP contribution in [0.25, 0.3) is 0 Å². The summed E-state index contributed by atoms with van der Waals surface area (Å²) in [5, 5.41) is 23.5. The zero-order valence-electron chi connectivity index (χ0n) is 22.7. The quantitative estimate of drug-likeness (QED) is 0.138. The van der Waals surface area contributed by atoms with Gasteiger partial charge in [0.15, 0.2) is 11.0 Å². The number of carbonyl (C=O) groups excluding carboxylic acids is 2. The standard InChI is InChI=1S/C29H28N6O4S2/c1-4-33-27(26(18(2)3)30-28(37)19-10-9-11-20(16-19)35(38)39)31-32-29(33)40-17-25(36)34-21-12-5-7-14-23(21)41-24-15-8-6-13-22(24)34/h5-16,18,26H,4,17H2,1-3H3,(H,30,37)/t26-/m0/s1. The summed E-state index contributed by atoms with van der Waals surface area (Å²) >= 11 is 2.94. The molecular formula is C29H28N6O4S2. The number of amides is 2. The minimum Gasteiger partial charge on any atom is -0.342 e. The lowest BCUT2D eigenvalue weighted by Crippen LogP contribution is -2.34. The third kappa shape index (κ3) is 5.84. The molecule has 0 saturated carbocycles. The Morgan fingerprint density at radius 3 is 2.27 bits per heavy atom. The van der Waals surface area contributed by atoms with Crippen LogP contribution in [0, 0.1) is 16.0 Å². The fourth-order valence-electron chi connectivity index (χ4n) is 4.61. The largest absolute Gasteiger partial charge is 0.342 e. The summed E-state index contributed by atoms with van der Waals surface area (Å²) in [4.78, 5) is 41.1. The number of aromatic nitrogens is 3. The summed E-state index contributed by atoms with van der Waals surface area (Å²) in [6.45, 7) is 6.38. The number of nitrogens with zero attached hydrogens (tertiary/aromatic N) is 5. The Morgan fingerprint density at radius 2 is 1.66 bits per heavy atom. The number of non-ortho nitro benzene ring substituents is 1. The minimum atomic E-state index is -0.533. The Bertz CT molecular complexity index is 1580. The van der Waals surface area contributed by atoms with Gasteiger partial charge >= 0.3 is 0 Å². The molecule has 5 rings (SSSR count). The molecule has 12 heteroatoms. The molecule has 0 fully saturated rings. The number of para-hydroxylation sites is 2. The normalized spacial score (nSPS) is 12.9. The van der Waals surface area contributed by atoms with Crippen molar-refractivity contribution >= 4 is 52.4 Å². The van der Waals surface area contributed by atoms with Crippen LogP contribution in [0.4, 0.5) is 17.1 Å². The van der Waals surface area contributed by atoms with E-state index in [0.717, 1.165) is 21.2 Å². The molecule has 210 valence electrons. The van der Waals surface area contributed by atoms with Gasteiger partial charge in [0.05, 0.1) is 28.1 Å². The van der Waals surface area contributed by atoms with Gasteiger partial charge in [0, 0.05) is 34.0 Å². The highest BCUT2D eigenvalue weighted by atomic mass is 32.2. The molecule has 0 spiro atoms. The highest BCUT2D eigenvalue weighted by Gasteiger charge is 2.30. The number of hydrogen-bond donors (Lipinski definition) is 1. The van der Waals surface area contributed by atoms with E-state index >= 15 is 0 Å². The smallest absolute Gasteiger partial charge is 0.270 e. The van der Waals surface area contributed by atoms with E-state index in [1.54, 1.807) is 16.7 Å². The Labute approximate surface area is 245 Å². The van der Waals surface area contributed by atoms with Crippen LogP contribution in [0.5, 0.6) is 0 Å². The molecule has 4 aromatic rings. The Kier molecular flexibility index (Phi) is 8.41. The number of nitro benzene ring substituents is 1. The first-order chi connectivity index (χ1) is 19.8. The van der Waals surface area contributed by atoms with Crippen molar-refractivity contribution < 1.29 is 14.5 Å². The lowest BCUT2D eigenvalue weighted by molar-refractivity contribution is -0.384. The molecule has 3 aromatic carbocycles. The van der Waals surface area contributed by atoms with Crippen molar-refractivity contribution in [3.8, 4) is 0 Å². The molecule has 2 amide bonds. The summed E-state index contributed by atoms with van der Waals surface area (Å²) in [5.74, 6) is 0.119. The molecule has 0 saturated heterocycles. The van der Waals surface area contributed by atoms with Crippen molar-refractivity contribution in [3.63, 3.8) is 0 Å². The SMILES string of the molecule is CCn1c(SCC(=O)N2c3ccccc3Sc3ccccc32)nnc1[C@@H](NC(=O)c1cccc([N+](=O)[O-])c1)C(C)C. The third-order valence-electron chi connectivity index (χ3n) is 6.62. The van der Waals surface area contributed by atoms with E-state index in [2.05, 4.69) is 15.5 Å². The van der Waals surface area contributed by atoms with Gasteiger partial charge in [-0.1, -0.05) is 67.7 Å². The van der Waals surface area contributed by atoms with E-state index in [1.165, 1.54) is 36.0 Å². The topological polar surface area (TPSA) is 123 Å². The molecule has 0 aliphatic carbocycles. The lowest BCUT2D eigenvalue weighted by atomic mass is 10.0. The van der Waals surface area contributed by atoms with Crippen LogP contribution in [0.1, 0.15) is 43.0 Å². The van der Waals surface area contributed by atoms with Gasteiger partial charge in [-0.05, 0) is 43.2 Å². The molecular weight excluding hydrogens is 560 g/mol. The maximum atomic E-state index is 13.7. The molecule has 1 aliphatic rings. The second kappa shape index (κ2) is 12.1. The van der Waals surface area contributed by atoms with Crippen LogP contribution in [0.2, 0.25) is 0 Å². The number of thioether (sulfide) groups is 1. The minimum absolute atomic E-state index is 0.0505. The molecule has 0 unspecified atom stereocenters. The summed E-state index contributed by atoms with van der Waals surface area (Å²) < 4.78 is 1.89. The van der Waals surface area contributed by atoms with Gasteiger partial charge in [-0.2, -0.15) is 0 Å². The third-order valence-corrected chi connectivity index (χ3v) is 8.70. The van der Waals surface area contributed by atoms with E-state index in [-0.39, 0.29) is 28.8 Å². The van der Waals surface area contributed by atoms with Gasteiger partial charge in [0.25, 0.3) is 11.6 Å². The predicted octanol–water partition coefficient (Wildman–Crippen LogP) is 6.25. The summed E-state index contributed by atoms with van der Waals surface area (Å²) in [5.41, 5.74) is 1.73. The van der Waals surface area contributed by atoms with E-state index in [4.69, 9.17) is 0 Å². The fourth-order valence-corrected chi connectivity index (χ4v) is 6.53. The molecule has 41 heavy (non-hydrogen) atoms. The molecule has 0 radical (unpaired) electrons. The molecule has 1 aromatic heterocycles. The highest BCUT2D eigenvalue weighted by Crippen LogP contribution is 2.48. The average Bonchev–Trinajstić information content (AvgIpc) is 3.39. The second-order valence-electron chi connectivity index (χ2n) is 9.64. The van der Waals surface area contributed by atoms with Gasteiger partial charge in [0.2, 0.25) is 5.91 Å². The van der Waals surface area contributed by atoms with Gasteiger partial charge in [-0.25, -0.2) is 0 Å². The molecule has 1 aliphatic heterocycles. The van der Waals surface area contributed by atoms with Gasteiger partial charge in [-0.15, -0.1) is 10.2 Å². The second-order valence-corrected chi connectivity index (χ2v) is 11.7. The van der Waals surface area contributed by atoms with Crippen LogP contribution >= 0.6 is 23.5 Å². The molecule has 0 bridgehead atoms. The van der Waals surface area contributed by atoms with Crippen LogP contribution in [-0.2, 0) is 11.3 Å². The predicted molar refractivity (Wildman–Crippen MR) is 159 cm³/mol. The van der Waals surface area contributed by atoms with Crippen molar-refractivity contribution in [2.45, 2.75) is 48.3 Å². The van der Waals surface area contributed by atoms with Crippen molar-refractivity contribution in [2.24, 2.45) is 5.92 Å². The van der Waals surface area contributed by atoms with Crippen LogP contribution < -0.4 is 10.2 Å². The van der Waals surface area contributed by atoms with E-state index in [9.17, 15) is 19.7 Å². The van der Waals surface area contributed by atoms with Crippen molar-refractivity contribution in [1.82, 2.24) is 20.1 Å². The summed E-state index contributed by atoms with van der Waals surface area (Å²) in [7, 11) is 0. The van der Waals surface area contributed by atoms with Crippen molar-refractivity contribution in [3.05, 3.63) is 94.3 Å². The Morgan fingerprint density at radius 1 is 1.00 bits per heavy atom. The number of benzene rings is 3. The number of hydrogen-bond acceptors (Lipinski definition) is 8. The Balaban J connectivity index is 1.36. The number of rotatable bonds is 9. The van der Waals surface area contributed by atoms with Crippen molar-refractivity contribution in [2.75, 3.05) is 10.7 Å². The van der Waals surface area contributed by atoms with Crippen LogP contribution in [0.15, 0.2) is 87.7 Å². The van der Waals surface area contributed by atoms with Gasteiger partial charge in [-0.3, -0.25) is 24.6 Å². The maximum absolute atomic E-state index is 13.7. The number of carbonyl (C=O) groups is 2. The zero-order valence-corrected chi connectivity index (χ0v) is 24.3. The summed E-state index contributed by atoms with van der Waals surface area (Å²) in [6, 6.07) is 20.8. The Hall–Kier alpha value is -4.16. The molecule has 10 nitrogen and oxygen atoms in total. The van der Waals surface area contributed by atoms with Gasteiger partial charge in [0.1, 0.15) is 0 Å². The highest BCUT2D eigenvalue weighted by molar-refractivity contribution is 8.00. The maximum Gasteiger partial charge on any atom is 0.270 e. The number of anilines is 2. The molecule has 1 atom stereocenters. The van der Waals surface area contributed by atoms with E-state index in [0.29, 0.717) is 17.5 Å². The van der Waals surface area contributed by atoms with E-state index in [1.807, 2.05) is 73.9 Å². The lowest BCUT2D eigenvalue weighted by Gasteiger charge is -2.31. The molecule has 2 heterocycles. The van der Waals surface area contributed by atoms with Crippen LogP contribution in [-0.4, -0.2) is 37.3 Å². The first-order valence-corrected chi connectivity index (χ1v) is 14.9. The zero-order chi connectivity index (χ0) is 29.1. The van der Waals surface area contributed by atoms with E-state index < -0.39 is 16.9 Å². The summed E-state index contributed by atoms with van der Waals surface area (Å²) in [6.07, 6.45) is 0. The number of nitrogens with one attached hydrogen (secondary N) is 1. The number of fused-ring (bicyclic) bond motifs is 2. The fraction of sp³-hybridized carbons (Fsp3) is 0.241. The average molecular weight is 589 g/mol. The molecule has 1 N–H and O–H groups in total. The first-order valence-electron chi connectivity index (χ1n) is 13.1. The van der Waals surface area contributed by atoms with Gasteiger partial charge < -0.3 is 9.88 Å².